The van der Waals surface area contributed by atoms with Gasteiger partial charge in [0.25, 0.3) is 5.91 Å². The van der Waals surface area contributed by atoms with Crippen molar-refractivity contribution in [3.63, 3.8) is 0 Å². The fraction of sp³-hybridized carbons (Fsp3) is 0.400. The van der Waals surface area contributed by atoms with Crippen LogP contribution in [0.3, 0.4) is 0 Å². The van der Waals surface area contributed by atoms with E-state index >= 15 is 0 Å². The summed E-state index contributed by atoms with van der Waals surface area (Å²) in [5.74, 6) is 0.663. The topological polar surface area (TPSA) is 73.1 Å². The standard InChI is InChI=1S/C20H26FN5O2/c1-2-22-20(24-10-9-23-19(27)18-8-5-15-28-18)26-13-11-25(12-14-26)17-7-4-3-6-16(17)21/h3-8,15H,2,9-14H2,1H3,(H,22,24)(H,23,27). The van der Waals surface area contributed by atoms with Gasteiger partial charge in [-0.3, -0.25) is 9.79 Å². The van der Waals surface area contributed by atoms with Crippen molar-refractivity contribution < 1.29 is 13.6 Å². The first-order valence-corrected chi connectivity index (χ1v) is 9.53. The third-order valence-electron chi connectivity index (χ3n) is 4.51. The average molecular weight is 387 g/mol. The number of hydrogen-bond donors (Lipinski definition) is 2. The van der Waals surface area contributed by atoms with E-state index in [0.29, 0.717) is 24.5 Å². The molecule has 1 fully saturated rings. The second kappa shape index (κ2) is 9.77. The summed E-state index contributed by atoms with van der Waals surface area (Å²) in [6.45, 7) is 6.60. The van der Waals surface area contributed by atoms with E-state index in [1.165, 1.54) is 12.3 Å². The Kier molecular flexibility index (Phi) is 6.89. The summed E-state index contributed by atoms with van der Waals surface area (Å²) in [5, 5.41) is 6.07. The number of carbonyl (C=O) groups is 1. The highest BCUT2D eigenvalue weighted by Crippen LogP contribution is 2.20. The van der Waals surface area contributed by atoms with Gasteiger partial charge in [0.05, 0.1) is 18.5 Å². The van der Waals surface area contributed by atoms with Crippen LogP contribution in [0.1, 0.15) is 17.5 Å². The van der Waals surface area contributed by atoms with Crippen LogP contribution >= 0.6 is 0 Å². The normalized spacial score (nSPS) is 14.9. The predicted octanol–water partition coefficient (Wildman–Crippen LogP) is 1.94. The largest absolute Gasteiger partial charge is 0.459 e. The highest BCUT2D eigenvalue weighted by atomic mass is 19.1. The molecule has 3 rings (SSSR count). The van der Waals surface area contributed by atoms with E-state index < -0.39 is 0 Å². The zero-order chi connectivity index (χ0) is 19.8. The maximum atomic E-state index is 14.0. The van der Waals surface area contributed by atoms with Crippen molar-refractivity contribution in [2.24, 2.45) is 4.99 Å². The van der Waals surface area contributed by atoms with Gasteiger partial charge in [-0.2, -0.15) is 0 Å². The second-order valence-corrected chi connectivity index (χ2v) is 6.39. The van der Waals surface area contributed by atoms with E-state index in [9.17, 15) is 9.18 Å². The summed E-state index contributed by atoms with van der Waals surface area (Å²) >= 11 is 0. The fourth-order valence-corrected chi connectivity index (χ4v) is 3.12. The summed E-state index contributed by atoms with van der Waals surface area (Å²) in [7, 11) is 0. The Labute approximate surface area is 164 Å². The number of hydrogen-bond acceptors (Lipinski definition) is 4. The van der Waals surface area contributed by atoms with Crippen LogP contribution in [0.15, 0.2) is 52.1 Å². The number of piperazine rings is 1. The molecule has 1 saturated heterocycles. The molecule has 1 amide bonds. The van der Waals surface area contributed by atoms with Crippen LogP contribution in [-0.2, 0) is 0 Å². The van der Waals surface area contributed by atoms with Crippen LogP contribution in [0.25, 0.3) is 0 Å². The summed E-state index contributed by atoms with van der Waals surface area (Å²) in [4.78, 5) is 20.7. The lowest BCUT2D eigenvalue weighted by molar-refractivity contribution is 0.0927. The molecule has 28 heavy (non-hydrogen) atoms. The SMILES string of the molecule is CCNC(=NCCNC(=O)c1ccco1)N1CCN(c2ccccc2F)CC1. The summed E-state index contributed by atoms with van der Waals surface area (Å²) in [6, 6.07) is 10.2. The lowest BCUT2D eigenvalue weighted by atomic mass is 10.2. The Morgan fingerprint density at radius 3 is 2.61 bits per heavy atom. The van der Waals surface area contributed by atoms with Gasteiger partial charge >= 0.3 is 0 Å². The van der Waals surface area contributed by atoms with E-state index in [1.54, 1.807) is 18.2 Å². The van der Waals surface area contributed by atoms with Crippen LogP contribution < -0.4 is 15.5 Å². The number of aliphatic imine (C=N–C) groups is 1. The Morgan fingerprint density at radius 1 is 1.14 bits per heavy atom. The lowest BCUT2D eigenvalue weighted by Crippen LogP contribution is -2.52. The molecule has 0 unspecified atom stereocenters. The lowest BCUT2D eigenvalue weighted by Gasteiger charge is -2.37. The zero-order valence-corrected chi connectivity index (χ0v) is 16.0. The average Bonchev–Trinajstić information content (AvgIpc) is 3.26. The van der Waals surface area contributed by atoms with E-state index in [2.05, 4.69) is 25.4 Å². The molecule has 0 aliphatic carbocycles. The number of carbonyl (C=O) groups excluding carboxylic acids is 1. The maximum absolute atomic E-state index is 14.0. The Bertz CT molecular complexity index is 786. The van der Waals surface area contributed by atoms with Crippen LogP contribution in [0, 0.1) is 5.82 Å². The second-order valence-electron chi connectivity index (χ2n) is 6.39. The predicted molar refractivity (Wildman–Crippen MR) is 107 cm³/mol. The summed E-state index contributed by atoms with van der Waals surface area (Å²) < 4.78 is 19.1. The van der Waals surface area contributed by atoms with Gasteiger partial charge in [0.15, 0.2) is 11.7 Å². The maximum Gasteiger partial charge on any atom is 0.287 e. The molecule has 2 N–H and O–H groups in total. The molecular formula is C20H26FN5O2. The number of halogens is 1. The van der Waals surface area contributed by atoms with Gasteiger partial charge in [-0.25, -0.2) is 4.39 Å². The van der Waals surface area contributed by atoms with Gasteiger partial charge in [-0.05, 0) is 31.2 Å². The molecule has 2 aromatic rings. The van der Waals surface area contributed by atoms with Gasteiger partial charge in [0, 0.05) is 39.3 Å². The first kappa shape index (κ1) is 19.7. The van der Waals surface area contributed by atoms with E-state index in [-0.39, 0.29) is 11.7 Å². The molecule has 1 aromatic carbocycles. The molecule has 1 aromatic heterocycles. The molecule has 7 nitrogen and oxygen atoms in total. The van der Waals surface area contributed by atoms with E-state index in [4.69, 9.17) is 4.42 Å². The van der Waals surface area contributed by atoms with Crippen molar-refractivity contribution in [1.29, 1.82) is 0 Å². The molecule has 0 atom stereocenters. The number of nitrogens with one attached hydrogen (secondary N) is 2. The van der Waals surface area contributed by atoms with Gasteiger partial charge in [0.2, 0.25) is 0 Å². The molecular weight excluding hydrogens is 361 g/mol. The van der Waals surface area contributed by atoms with E-state index in [0.717, 1.165) is 38.7 Å². The van der Waals surface area contributed by atoms with E-state index in [1.807, 2.05) is 19.1 Å². The monoisotopic (exact) mass is 387 g/mol. The Hall–Kier alpha value is -3.03. The minimum atomic E-state index is -0.247. The number of guanidine groups is 1. The number of amides is 1. The first-order chi connectivity index (χ1) is 13.7. The van der Waals surface area contributed by atoms with Crippen LogP contribution in [0.5, 0.6) is 0 Å². The number of benzene rings is 1. The minimum absolute atomic E-state index is 0.191. The van der Waals surface area contributed by atoms with Gasteiger partial charge < -0.3 is 24.9 Å². The highest BCUT2D eigenvalue weighted by Gasteiger charge is 2.21. The molecule has 0 saturated carbocycles. The molecule has 150 valence electrons. The molecule has 2 heterocycles. The molecule has 1 aliphatic rings. The number of para-hydroxylation sites is 1. The minimum Gasteiger partial charge on any atom is -0.459 e. The third-order valence-corrected chi connectivity index (χ3v) is 4.51. The number of anilines is 1. The highest BCUT2D eigenvalue weighted by molar-refractivity contribution is 5.91. The number of furan rings is 1. The quantitative estimate of drug-likeness (QED) is 0.450. The first-order valence-electron chi connectivity index (χ1n) is 9.53. The number of nitrogens with zero attached hydrogens (tertiary/aromatic N) is 3. The van der Waals surface area contributed by atoms with Crippen LogP contribution in [0.4, 0.5) is 10.1 Å². The van der Waals surface area contributed by atoms with Crippen molar-refractivity contribution >= 4 is 17.6 Å². The van der Waals surface area contributed by atoms with Crippen LogP contribution in [-0.4, -0.2) is 62.6 Å². The Balaban J connectivity index is 1.50. The fourth-order valence-electron chi connectivity index (χ4n) is 3.12. The van der Waals surface area contributed by atoms with Crippen molar-refractivity contribution in [3.8, 4) is 0 Å². The van der Waals surface area contributed by atoms with Crippen molar-refractivity contribution in [1.82, 2.24) is 15.5 Å². The van der Waals surface area contributed by atoms with Gasteiger partial charge in [-0.15, -0.1) is 0 Å². The molecule has 0 bridgehead atoms. The smallest absolute Gasteiger partial charge is 0.287 e. The zero-order valence-electron chi connectivity index (χ0n) is 16.0. The van der Waals surface area contributed by atoms with Gasteiger partial charge in [-0.1, -0.05) is 12.1 Å². The summed E-state index contributed by atoms with van der Waals surface area (Å²) in [6.07, 6.45) is 1.47. The molecule has 1 aliphatic heterocycles. The molecule has 0 spiro atoms. The Morgan fingerprint density at radius 2 is 1.93 bits per heavy atom. The van der Waals surface area contributed by atoms with Crippen molar-refractivity contribution in [2.75, 3.05) is 50.7 Å². The number of rotatable bonds is 6. The molecule has 8 heteroatoms. The third kappa shape index (κ3) is 5.03. The van der Waals surface area contributed by atoms with Crippen LogP contribution in [0.2, 0.25) is 0 Å². The van der Waals surface area contributed by atoms with Gasteiger partial charge in [0.1, 0.15) is 5.82 Å². The summed E-state index contributed by atoms with van der Waals surface area (Å²) in [5.41, 5.74) is 0.643. The molecule has 0 radical (unpaired) electrons. The van der Waals surface area contributed by atoms with Crippen molar-refractivity contribution in [3.05, 3.63) is 54.2 Å². The van der Waals surface area contributed by atoms with Crippen molar-refractivity contribution in [2.45, 2.75) is 6.92 Å².